The summed E-state index contributed by atoms with van der Waals surface area (Å²) in [5.41, 5.74) is 0.863. The third kappa shape index (κ3) is 6.37. The fourth-order valence-corrected chi connectivity index (χ4v) is 3.94. The topological polar surface area (TPSA) is 32.8 Å². The Morgan fingerprint density at radius 2 is 1.85 bits per heavy atom. The second-order valence-electron chi connectivity index (χ2n) is 8.01. The molecule has 1 aliphatic heterocycles. The second-order valence-corrected chi connectivity index (χ2v) is 8.01. The zero-order chi connectivity index (χ0) is 19.1. The molecule has 1 atom stereocenters. The normalized spacial score (nSPS) is 20.1. The third-order valence-electron chi connectivity index (χ3n) is 5.89. The van der Waals surface area contributed by atoms with Crippen LogP contribution in [0.5, 0.6) is 0 Å². The minimum absolute atomic E-state index is 0.269. The van der Waals surface area contributed by atoms with Crippen LogP contribution in [0, 0.1) is 5.82 Å². The fourth-order valence-electron chi connectivity index (χ4n) is 3.94. The lowest BCUT2D eigenvalue weighted by Gasteiger charge is -2.35. The van der Waals surface area contributed by atoms with Crippen LogP contribution in [0.25, 0.3) is 0 Å². The van der Waals surface area contributed by atoms with E-state index in [2.05, 4.69) is 16.8 Å². The van der Waals surface area contributed by atoms with Crippen LogP contribution in [0.2, 0.25) is 0 Å². The van der Waals surface area contributed by atoms with Crippen molar-refractivity contribution in [2.24, 2.45) is 0 Å². The van der Waals surface area contributed by atoms with Crippen molar-refractivity contribution in [1.82, 2.24) is 9.80 Å². The number of halogens is 1. The molecule has 27 heavy (non-hydrogen) atoms. The minimum atomic E-state index is -0.282. The highest BCUT2D eigenvalue weighted by Gasteiger charge is 2.26. The number of hydrogen-bond acceptors (Lipinski definition) is 4. The van der Waals surface area contributed by atoms with Crippen LogP contribution >= 0.6 is 0 Å². The molecule has 2 aliphatic rings. The first-order chi connectivity index (χ1) is 13.2. The van der Waals surface area contributed by atoms with Crippen LogP contribution in [0.4, 0.5) is 4.39 Å². The van der Waals surface area contributed by atoms with Crippen LogP contribution in [0.15, 0.2) is 24.3 Å². The van der Waals surface area contributed by atoms with Crippen molar-refractivity contribution in [2.75, 3.05) is 33.3 Å². The highest BCUT2D eigenvalue weighted by molar-refractivity contribution is 5.61. The first-order valence-corrected chi connectivity index (χ1v) is 10.4. The van der Waals surface area contributed by atoms with Crippen LogP contribution in [-0.4, -0.2) is 61.5 Å². The van der Waals surface area contributed by atoms with Gasteiger partial charge < -0.3 is 14.4 Å². The van der Waals surface area contributed by atoms with Crippen molar-refractivity contribution < 1.29 is 13.9 Å². The fraction of sp³-hybridized carbons (Fsp3) is 0.682. The molecule has 0 radical (unpaired) electrons. The second kappa shape index (κ2) is 10.3. The molecule has 1 heterocycles. The monoisotopic (exact) mass is 376 g/mol. The quantitative estimate of drug-likeness (QED) is 0.434. The van der Waals surface area contributed by atoms with Crippen molar-refractivity contribution in [3.8, 4) is 0 Å². The van der Waals surface area contributed by atoms with Gasteiger partial charge in [-0.25, -0.2) is 4.39 Å². The summed E-state index contributed by atoms with van der Waals surface area (Å²) in [7, 11) is 2.24. The Morgan fingerprint density at radius 3 is 2.48 bits per heavy atom. The number of likely N-dealkylation sites (tertiary alicyclic amines) is 1. The highest BCUT2D eigenvalue weighted by Crippen LogP contribution is 2.26. The molecule has 0 bridgehead atoms. The predicted molar refractivity (Wildman–Crippen MR) is 105 cm³/mol. The molecule has 150 valence electrons. The van der Waals surface area contributed by atoms with Gasteiger partial charge in [-0.05, 0) is 76.2 Å². The van der Waals surface area contributed by atoms with Gasteiger partial charge in [0.05, 0.1) is 12.1 Å². The average Bonchev–Trinajstić information content (AvgIpc) is 3.53. The van der Waals surface area contributed by atoms with Crippen molar-refractivity contribution in [3.05, 3.63) is 35.6 Å². The molecule has 0 N–H and O–H groups in total. The van der Waals surface area contributed by atoms with E-state index >= 15 is 0 Å². The summed E-state index contributed by atoms with van der Waals surface area (Å²) in [4.78, 5) is 16.2. The number of benzene rings is 1. The number of ether oxygens (including phenoxy) is 1. The maximum atomic E-state index is 13.1. The molecule has 3 rings (SSSR count). The Bertz CT molecular complexity index is 568. The maximum absolute atomic E-state index is 13.1. The molecular weight excluding hydrogens is 343 g/mol. The van der Waals surface area contributed by atoms with E-state index in [-0.39, 0.29) is 11.9 Å². The SMILES string of the molecule is CN(CCCCCOC1CCN(C(C=O)c2ccc(F)cc2)CC1)C1CC1. The van der Waals surface area contributed by atoms with Crippen molar-refractivity contribution >= 4 is 6.29 Å². The average molecular weight is 377 g/mol. The summed E-state index contributed by atoms with van der Waals surface area (Å²) in [6.45, 7) is 3.74. The van der Waals surface area contributed by atoms with Crippen LogP contribution in [-0.2, 0) is 9.53 Å². The Hall–Kier alpha value is -1.30. The number of piperidine rings is 1. The van der Waals surface area contributed by atoms with E-state index in [1.165, 1.54) is 44.4 Å². The van der Waals surface area contributed by atoms with Gasteiger partial charge in [0.1, 0.15) is 12.1 Å². The first-order valence-electron chi connectivity index (χ1n) is 10.4. The molecule has 1 saturated carbocycles. The van der Waals surface area contributed by atoms with E-state index in [0.717, 1.165) is 56.9 Å². The van der Waals surface area contributed by atoms with Crippen molar-refractivity contribution in [3.63, 3.8) is 0 Å². The molecule has 0 aromatic heterocycles. The van der Waals surface area contributed by atoms with Gasteiger partial charge in [-0.15, -0.1) is 0 Å². The van der Waals surface area contributed by atoms with Gasteiger partial charge in [0.2, 0.25) is 0 Å². The highest BCUT2D eigenvalue weighted by atomic mass is 19.1. The molecule has 2 fully saturated rings. The van der Waals surface area contributed by atoms with Gasteiger partial charge in [-0.2, -0.15) is 0 Å². The summed E-state index contributed by atoms with van der Waals surface area (Å²) in [5, 5.41) is 0. The van der Waals surface area contributed by atoms with Crippen LogP contribution in [0.3, 0.4) is 0 Å². The Labute approximate surface area is 162 Å². The summed E-state index contributed by atoms with van der Waals surface area (Å²) >= 11 is 0. The number of unbranched alkanes of at least 4 members (excludes halogenated alkanes) is 2. The van der Waals surface area contributed by atoms with Crippen molar-refractivity contribution in [2.45, 2.75) is 63.1 Å². The smallest absolute Gasteiger partial charge is 0.141 e. The molecule has 4 nitrogen and oxygen atoms in total. The number of carbonyl (C=O) groups excluding carboxylic acids is 1. The third-order valence-corrected chi connectivity index (χ3v) is 5.89. The first kappa shape index (κ1) is 20.4. The molecule has 1 aromatic rings. The lowest BCUT2D eigenvalue weighted by Crippen LogP contribution is -2.40. The van der Waals surface area contributed by atoms with Gasteiger partial charge in [0.15, 0.2) is 0 Å². The lowest BCUT2D eigenvalue weighted by atomic mass is 10.0. The van der Waals surface area contributed by atoms with E-state index in [4.69, 9.17) is 4.74 Å². The summed E-state index contributed by atoms with van der Waals surface area (Å²) in [6, 6.07) is 6.83. The van der Waals surface area contributed by atoms with Gasteiger partial charge in [0.25, 0.3) is 0 Å². The van der Waals surface area contributed by atoms with Gasteiger partial charge in [-0.1, -0.05) is 12.1 Å². The number of nitrogens with zero attached hydrogens (tertiary/aromatic N) is 2. The standard InChI is InChI=1S/C22H33FN2O2/c1-24(20-9-10-20)13-3-2-4-16-27-21-11-14-25(15-12-21)22(17-26)18-5-7-19(23)8-6-18/h5-8,17,20-22H,2-4,9-16H2,1H3. The Kier molecular flexibility index (Phi) is 7.80. The molecule has 1 aromatic carbocycles. The van der Waals surface area contributed by atoms with E-state index in [9.17, 15) is 9.18 Å². The molecule has 5 heteroatoms. The largest absolute Gasteiger partial charge is 0.378 e. The molecule has 1 saturated heterocycles. The number of rotatable bonds is 11. The Balaban J connectivity index is 1.30. The van der Waals surface area contributed by atoms with E-state index < -0.39 is 0 Å². The number of carbonyl (C=O) groups is 1. The van der Waals surface area contributed by atoms with Gasteiger partial charge in [0, 0.05) is 25.7 Å². The molecule has 0 amide bonds. The zero-order valence-electron chi connectivity index (χ0n) is 16.5. The lowest BCUT2D eigenvalue weighted by molar-refractivity contribution is -0.113. The minimum Gasteiger partial charge on any atom is -0.378 e. The van der Waals surface area contributed by atoms with E-state index in [1.54, 1.807) is 12.1 Å². The predicted octanol–water partition coefficient (Wildman–Crippen LogP) is 3.81. The maximum Gasteiger partial charge on any atom is 0.141 e. The molecule has 1 unspecified atom stereocenters. The Morgan fingerprint density at radius 1 is 1.15 bits per heavy atom. The van der Waals surface area contributed by atoms with Crippen LogP contribution < -0.4 is 0 Å². The van der Waals surface area contributed by atoms with Crippen molar-refractivity contribution in [1.29, 1.82) is 0 Å². The van der Waals surface area contributed by atoms with Gasteiger partial charge >= 0.3 is 0 Å². The zero-order valence-corrected chi connectivity index (χ0v) is 16.5. The van der Waals surface area contributed by atoms with Gasteiger partial charge in [-0.3, -0.25) is 4.90 Å². The summed E-state index contributed by atoms with van der Waals surface area (Å²) < 4.78 is 19.2. The summed E-state index contributed by atoms with van der Waals surface area (Å²) in [5.74, 6) is -0.269. The number of aldehydes is 1. The molecule has 0 spiro atoms. The van der Waals surface area contributed by atoms with E-state index in [0.29, 0.717) is 6.10 Å². The number of hydrogen-bond donors (Lipinski definition) is 0. The molecule has 1 aliphatic carbocycles. The molecular formula is C22H33FN2O2. The summed E-state index contributed by atoms with van der Waals surface area (Å²) in [6.07, 6.45) is 9.55. The van der Waals surface area contributed by atoms with E-state index in [1.807, 2.05) is 0 Å². The van der Waals surface area contributed by atoms with Crippen LogP contribution in [0.1, 0.15) is 56.6 Å².